The number of methoxy groups -OCH3 is 1. The van der Waals surface area contributed by atoms with Gasteiger partial charge in [0.2, 0.25) is 0 Å². The zero-order chi connectivity index (χ0) is 15.8. The summed E-state index contributed by atoms with van der Waals surface area (Å²) in [5, 5.41) is 5.01. The predicted molar refractivity (Wildman–Crippen MR) is 98.7 cm³/mol. The Kier molecular flexibility index (Phi) is 3.79. The zero-order valence-electron chi connectivity index (χ0n) is 13.3. The molecule has 2 heterocycles. The second-order valence-electron chi connectivity index (χ2n) is 5.84. The molecule has 0 aliphatic carbocycles. The van der Waals surface area contributed by atoms with Gasteiger partial charge in [-0.2, -0.15) is 0 Å². The first-order valence-electron chi connectivity index (χ1n) is 7.86. The second kappa shape index (κ2) is 5.95. The molecule has 0 amide bonds. The number of fused-ring (bicyclic) bond motifs is 3. The van der Waals surface area contributed by atoms with E-state index < -0.39 is 0 Å². The minimum Gasteiger partial charge on any atom is -0.497 e. The quantitative estimate of drug-likeness (QED) is 0.701. The maximum atomic E-state index is 5.27. The highest BCUT2D eigenvalue weighted by atomic mass is 32.2. The highest BCUT2D eigenvalue weighted by Gasteiger charge is 2.25. The van der Waals surface area contributed by atoms with Crippen molar-refractivity contribution >= 4 is 22.7 Å². The third-order valence-electron chi connectivity index (χ3n) is 4.61. The Morgan fingerprint density at radius 2 is 2.00 bits per heavy atom. The van der Waals surface area contributed by atoms with Crippen molar-refractivity contribution in [2.75, 3.05) is 19.9 Å². The molecule has 23 heavy (non-hydrogen) atoms. The van der Waals surface area contributed by atoms with Crippen molar-refractivity contribution in [1.82, 2.24) is 10.3 Å². The van der Waals surface area contributed by atoms with Gasteiger partial charge in [0, 0.05) is 29.5 Å². The molecule has 4 rings (SSSR count). The van der Waals surface area contributed by atoms with E-state index in [1.54, 1.807) is 18.9 Å². The molecule has 1 unspecified atom stereocenters. The summed E-state index contributed by atoms with van der Waals surface area (Å²) in [6, 6.07) is 15.3. The van der Waals surface area contributed by atoms with Crippen LogP contribution in [0.2, 0.25) is 0 Å². The van der Waals surface area contributed by atoms with Crippen molar-refractivity contribution in [2.24, 2.45) is 0 Å². The fourth-order valence-corrected chi connectivity index (χ4v) is 3.85. The van der Waals surface area contributed by atoms with Gasteiger partial charge < -0.3 is 15.0 Å². The number of aromatic nitrogens is 1. The van der Waals surface area contributed by atoms with E-state index >= 15 is 0 Å². The maximum absolute atomic E-state index is 5.27. The highest BCUT2D eigenvalue weighted by molar-refractivity contribution is 7.98. The van der Waals surface area contributed by atoms with E-state index in [-0.39, 0.29) is 7.47 Å². The number of benzene rings is 2. The van der Waals surface area contributed by atoms with E-state index in [1.807, 2.05) is 12.1 Å². The van der Waals surface area contributed by atoms with E-state index in [4.69, 9.17) is 4.74 Å². The molecule has 1 aromatic heterocycles. The molecular weight excluding hydrogens is 304 g/mol. The van der Waals surface area contributed by atoms with E-state index in [1.165, 1.54) is 32.6 Å². The first kappa shape index (κ1) is 14.7. The Labute approximate surface area is 141 Å². The van der Waals surface area contributed by atoms with Crippen LogP contribution in [0.15, 0.2) is 47.4 Å². The Balaban J connectivity index is 0.00000169. The van der Waals surface area contributed by atoms with Crippen LogP contribution in [0.25, 0.3) is 10.9 Å². The van der Waals surface area contributed by atoms with E-state index in [0.29, 0.717) is 0 Å². The monoisotopic (exact) mass is 326 g/mol. The fraction of sp³-hybridized carbons (Fsp3) is 0.263. The average Bonchev–Trinajstić information content (AvgIpc) is 2.99. The third-order valence-corrected chi connectivity index (χ3v) is 5.33. The lowest BCUT2D eigenvalue weighted by Gasteiger charge is -2.25. The van der Waals surface area contributed by atoms with E-state index in [9.17, 15) is 0 Å². The smallest absolute Gasteiger partial charge is 0.118 e. The molecule has 0 spiro atoms. The Morgan fingerprint density at radius 3 is 2.74 bits per heavy atom. The van der Waals surface area contributed by atoms with Crippen LogP contribution in [-0.4, -0.2) is 24.9 Å². The SMILES string of the molecule is COc1ccc(C2NCCc3c2[nH]c2ccc(SC)cc32)cc1.[HH]. The van der Waals surface area contributed by atoms with E-state index in [0.717, 1.165) is 18.7 Å². The lowest BCUT2D eigenvalue weighted by atomic mass is 9.94. The molecule has 0 bridgehead atoms. The van der Waals surface area contributed by atoms with Gasteiger partial charge in [-0.25, -0.2) is 0 Å². The summed E-state index contributed by atoms with van der Waals surface area (Å²) in [5.41, 5.74) is 5.25. The van der Waals surface area contributed by atoms with Crippen LogP contribution in [0.3, 0.4) is 0 Å². The van der Waals surface area contributed by atoms with Gasteiger partial charge in [0.05, 0.1) is 13.2 Å². The molecule has 2 aromatic carbocycles. The number of thioether (sulfide) groups is 1. The van der Waals surface area contributed by atoms with Crippen LogP contribution in [0.5, 0.6) is 5.75 Å². The van der Waals surface area contributed by atoms with Gasteiger partial charge in [0.1, 0.15) is 5.75 Å². The lowest BCUT2D eigenvalue weighted by molar-refractivity contribution is 0.414. The molecule has 120 valence electrons. The van der Waals surface area contributed by atoms with Gasteiger partial charge >= 0.3 is 0 Å². The molecule has 3 aromatic rings. The number of rotatable bonds is 3. The Bertz CT molecular complexity index is 844. The number of hydrogen-bond donors (Lipinski definition) is 2. The highest BCUT2D eigenvalue weighted by Crippen LogP contribution is 2.35. The number of nitrogens with one attached hydrogen (secondary N) is 2. The van der Waals surface area contributed by atoms with Gasteiger partial charge in [-0.1, -0.05) is 12.1 Å². The van der Waals surface area contributed by atoms with Crippen LogP contribution in [0.1, 0.15) is 24.3 Å². The molecule has 4 heteroatoms. The predicted octanol–water partition coefficient (Wildman–Crippen LogP) is 4.38. The number of ether oxygens (including phenoxy) is 1. The third kappa shape index (κ3) is 2.52. The largest absolute Gasteiger partial charge is 0.497 e. The van der Waals surface area contributed by atoms with Crippen molar-refractivity contribution in [3.8, 4) is 5.75 Å². The summed E-state index contributed by atoms with van der Waals surface area (Å²) in [6.45, 7) is 1.00. The van der Waals surface area contributed by atoms with E-state index in [2.05, 4.69) is 46.9 Å². The van der Waals surface area contributed by atoms with Crippen molar-refractivity contribution in [3.05, 3.63) is 59.3 Å². The first-order valence-corrected chi connectivity index (χ1v) is 9.08. The molecular formula is C19H22N2OS. The maximum Gasteiger partial charge on any atom is 0.118 e. The molecule has 0 saturated heterocycles. The molecule has 1 aliphatic rings. The minimum atomic E-state index is 0. The second-order valence-corrected chi connectivity index (χ2v) is 6.72. The molecule has 0 saturated carbocycles. The minimum absolute atomic E-state index is 0. The molecule has 3 nitrogen and oxygen atoms in total. The summed E-state index contributed by atoms with van der Waals surface area (Å²) in [6.07, 6.45) is 3.20. The summed E-state index contributed by atoms with van der Waals surface area (Å²) >= 11 is 1.80. The topological polar surface area (TPSA) is 37.0 Å². The van der Waals surface area contributed by atoms with Gasteiger partial charge in [-0.3, -0.25) is 0 Å². The average molecular weight is 326 g/mol. The van der Waals surface area contributed by atoms with Crippen LogP contribution >= 0.6 is 11.8 Å². The lowest BCUT2D eigenvalue weighted by Crippen LogP contribution is -2.30. The number of H-pyrrole nitrogens is 1. The Morgan fingerprint density at radius 1 is 1.17 bits per heavy atom. The first-order chi connectivity index (χ1) is 11.3. The molecule has 0 fully saturated rings. The molecule has 1 aliphatic heterocycles. The number of aromatic amines is 1. The normalized spacial score (nSPS) is 17.2. The van der Waals surface area contributed by atoms with Crippen molar-refractivity contribution < 1.29 is 6.16 Å². The van der Waals surface area contributed by atoms with Crippen LogP contribution in [0.4, 0.5) is 0 Å². The van der Waals surface area contributed by atoms with Gasteiger partial charge in [-0.15, -0.1) is 11.8 Å². The summed E-state index contributed by atoms with van der Waals surface area (Å²) in [7, 11) is 1.70. The molecule has 1 atom stereocenters. The van der Waals surface area contributed by atoms with Crippen molar-refractivity contribution in [1.29, 1.82) is 0 Å². The van der Waals surface area contributed by atoms with Gasteiger partial charge in [0.25, 0.3) is 0 Å². The summed E-state index contributed by atoms with van der Waals surface area (Å²) in [5.74, 6) is 0.894. The fourth-order valence-electron chi connectivity index (χ4n) is 3.41. The van der Waals surface area contributed by atoms with Crippen LogP contribution < -0.4 is 10.1 Å². The Hall–Kier alpha value is -1.91. The van der Waals surface area contributed by atoms with Crippen molar-refractivity contribution in [3.63, 3.8) is 0 Å². The molecule has 0 radical (unpaired) electrons. The van der Waals surface area contributed by atoms with Crippen molar-refractivity contribution in [2.45, 2.75) is 17.4 Å². The summed E-state index contributed by atoms with van der Waals surface area (Å²) in [4.78, 5) is 4.96. The zero-order valence-corrected chi connectivity index (χ0v) is 14.2. The molecule has 2 N–H and O–H groups in total. The number of hydrogen-bond acceptors (Lipinski definition) is 3. The van der Waals surface area contributed by atoms with Gasteiger partial charge in [0.15, 0.2) is 0 Å². The van der Waals surface area contributed by atoms with Crippen LogP contribution in [-0.2, 0) is 6.42 Å². The van der Waals surface area contributed by atoms with Crippen LogP contribution in [0, 0.1) is 0 Å². The van der Waals surface area contributed by atoms with Gasteiger partial charge in [-0.05, 0) is 54.1 Å². The summed E-state index contributed by atoms with van der Waals surface area (Å²) < 4.78 is 5.27. The standard InChI is InChI=1S/C19H20N2OS.H2/c1-22-13-5-3-12(4-6-13)18-19-15(9-10-20-18)16-11-14(23-2)7-8-17(16)21-19;/h3-8,11,18,20-21H,9-10H2,1-2H3;1H.